The van der Waals surface area contributed by atoms with Gasteiger partial charge in [0.25, 0.3) is 0 Å². The molecular weight excluding hydrogens is 785 g/mol. The van der Waals surface area contributed by atoms with Crippen molar-refractivity contribution in [3.05, 3.63) is 93.6 Å². The van der Waals surface area contributed by atoms with Gasteiger partial charge in [0, 0.05) is 66.7 Å². The van der Waals surface area contributed by atoms with Crippen LogP contribution in [0.2, 0.25) is 0 Å². The van der Waals surface area contributed by atoms with E-state index in [9.17, 15) is 19.2 Å². The van der Waals surface area contributed by atoms with Crippen molar-refractivity contribution >= 4 is 68.6 Å². The molecule has 8 bridgehead atoms. The van der Waals surface area contributed by atoms with Gasteiger partial charge in [0.05, 0.1) is 48.0 Å². The number of amides is 2. The van der Waals surface area contributed by atoms with Gasteiger partial charge in [0.15, 0.2) is 0 Å². The Morgan fingerprint density at radius 2 is 1.37 bits per heavy atom. The first-order valence-corrected chi connectivity index (χ1v) is 21.0. The Labute approximate surface area is 363 Å². The number of esters is 2. The van der Waals surface area contributed by atoms with Crippen molar-refractivity contribution in [2.24, 2.45) is 5.92 Å². The van der Waals surface area contributed by atoms with Gasteiger partial charge in [-0.15, -0.1) is 0 Å². The first-order valence-electron chi connectivity index (χ1n) is 21.0. The van der Waals surface area contributed by atoms with Crippen LogP contribution in [-0.2, 0) is 40.5 Å². The van der Waals surface area contributed by atoms with E-state index in [1.807, 2.05) is 102 Å². The highest BCUT2D eigenvalue weighted by Crippen LogP contribution is 2.52. The molecule has 14 nitrogen and oxygen atoms in total. The van der Waals surface area contributed by atoms with E-state index in [-0.39, 0.29) is 30.2 Å². The van der Waals surface area contributed by atoms with Crippen molar-refractivity contribution in [2.75, 3.05) is 68.6 Å². The Balaban J connectivity index is 1.64. The number of aryl methyl sites for hydroxylation is 3. The standard InChI is InChI=1S/C48H60N8O6/c1-12-30-27(2)36-24-41-34-16-13-33(46(59)61-10)45(47(60)62-11)48(34,5)42(54-41)26-37-29(4)32(15-18-44(58)50-20-22-56(8)9)40(53-37)25-39-31(14-17-43(57)49-19-21-55(6)7)28(3)35(52-39)23-38(30)51-36/h12-13,16,23-26,45,51,53H,1,14-15,17-22H2,2-11H3,(H,49,57)(H,50,58)/t45?,48-/m1/s1. The van der Waals surface area contributed by atoms with Crippen LogP contribution < -0.4 is 10.6 Å². The molecule has 62 heavy (non-hydrogen) atoms. The predicted molar refractivity (Wildman–Crippen MR) is 245 cm³/mol. The summed E-state index contributed by atoms with van der Waals surface area (Å²) in [6.07, 6.45) is 6.66. The van der Waals surface area contributed by atoms with Gasteiger partial charge in [-0.25, -0.2) is 9.78 Å². The number of nitrogens with zero attached hydrogens (tertiary/aromatic N) is 4. The molecule has 1 unspecified atom stereocenters. The third-order valence-corrected chi connectivity index (χ3v) is 12.3. The third-order valence-electron chi connectivity index (χ3n) is 12.3. The van der Waals surface area contributed by atoms with Crippen LogP contribution in [0.3, 0.4) is 0 Å². The largest absolute Gasteiger partial charge is 0.469 e. The summed E-state index contributed by atoms with van der Waals surface area (Å²) in [6, 6.07) is 7.90. The van der Waals surface area contributed by atoms with Crippen molar-refractivity contribution in [1.82, 2.24) is 40.4 Å². The highest BCUT2D eigenvalue weighted by molar-refractivity contribution is 6.02. The summed E-state index contributed by atoms with van der Waals surface area (Å²) in [4.78, 5) is 75.2. The molecule has 1 aliphatic carbocycles. The van der Waals surface area contributed by atoms with Crippen LogP contribution in [-0.4, -0.2) is 122 Å². The van der Waals surface area contributed by atoms with Crippen molar-refractivity contribution in [2.45, 2.75) is 58.8 Å². The number of methoxy groups -OCH3 is 2. The molecule has 328 valence electrons. The summed E-state index contributed by atoms with van der Waals surface area (Å²) in [7, 11) is 10.5. The molecule has 0 spiro atoms. The Morgan fingerprint density at radius 3 is 1.98 bits per heavy atom. The van der Waals surface area contributed by atoms with Gasteiger partial charge in [-0.2, -0.15) is 0 Å². The van der Waals surface area contributed by atoms with Crippen LogP contribution in [0.25, 0.3) is 44.9 Å². The lowest BCUT2D eigenvalue weighted by Crippen LogP contribution is -2.42. The fourth-order valence-electron chi connectivity index (χ4n) is 8.61. The van der Waals surface area contributed by atoms with E-state index >= 15 is 0 Å². The first kappa shape index (κ1) is 45.4. The molecule has 2 aliphatic heterocycles. The summed E-state index contributed by atoms with van der Waals surface area (Å²) in [5.74, 6) is -2.43. The molecule has 3 aliphatic rings. The van der Waals surface area contributed by atoms with E-state index in [4.69, 9.17) is 19.4 Å². The van der Waals surface area contributed by atoms with Gasteiger partial charge in [-0.3, -0.25) is 19.4 Å². The number of allylic oxidation sites excluding steroid dienone is 5. The van der Waals surface area contributed by atoms with Gasteiger partial charge in [0.2, 0.25) is 11.8 Å². The lowest BCUT2D eigenvalue weighted by atomic mass is 9.64. The second kappa shape index (κ2) is 18.9. The molecule has 2 amide bonds. The average Bonchev–Trinajstić information content (AvgIpc) is 3.88. The highest BCUT2D eigenvalue weighted by atomic mass is 16.5. The van der Waals surface area contributed by atoms with Crippen LogP contribution in [0.1, 0.15) is 78.1 Å². The molecule has 0 saturated heterocycles. The number of likely N-dealkylation sites (N-methyl/N-ethyl adjacent to an activating group) is 2. The third kappa shape index (κ3) is 9.07. The summed E-state index contributed by atoms with van der Waals surface area (Å²) in [6.45, 7) is 14.6. The number of aromatic nitrogens is 4. The van der Waals surface area contributed by atoms with Crippen LogP contribution >= 0.6 is 0 Å². The average molecular weight is 845 g/mol. The van der Waals surface area contributed by atoms with Crippen LogP contribution in [0, 0.1) is 19.8 Å². The van der Waals surface area contributed by atoms with Crippen molar-refractivity contribution in [3.8, 4) is 0 Å². The predicted octanol–water partition coefficient (Wildman–Crippen LogP) is 5.82. The minimum absolute atomic E-state index is 0.0431. The maximum absolute atomic E-state index is 13.9. The maximum atomic E-state index is 13.9. The molecule has 4 N–H and O–H groups in total. The van der Waals surface area contributed by atoms with Gasteiger partial charge in [-0.05, 0) is 126 Å². The van der Waals surface area contributed by atoms with E-state index in [1.54, 1.807) is 6.08 Å². The topological polar surface area (TPSA) is 175 Å². The zero-order valence-corrected chi connectivity index (χ0v) is 37.7. The van der Waals surface area contributed by atoms with Crippen LogP contribution in [0.4, 0.5) is 0 Å². The molecule has 0 fully saturated rings. The molecule has 0 radical (unpaired) electrons. The van der Waals surface area contributed by atoms with Gasteiger partial charge < -0.3 is 39.9 Å². The number of rotatable bonds is 15. The molecule has 3 aromatic heterocycles. The lowest BCUT2D eigenvalue weighted by Gasteiger charge is -2.36. The van der Waals surface area contributed by atoms with Gasteiger partial charge >= 0.3 is 11.9 Å². The SMILES string of the molecule is C=Cc1c(C)c2cc3nc(cc4[nH]c(cc5nc(cc1[nH]2)C(C)=C5CCC(=O)NCCN(C)C)c(CCC(=O)NCCN(C)C)c4C)[C@@]1(C)C3=CC=C(C(=O)OC)C1C(=O)OC. The fourth-order valence-corrected chi connectivity index (χ4v) is 8.61. The number of carbonyl (C=O) groups excluding carboxylic acids is 4. The molecule has 0 aromatic carbocycles. The molecule has 3 aromatic rings. The minimum atomic E-state index is -1.16. The number of ether oxygens (including phenoxy) is 2. The molecule has 14 heteroatoms. The number of H-pyrrole nitrogens is 2. The number of fused-ring (bicyclic) bond motifs is 11. The molecule has 0 saturated carbocycles. The molecular formula is C48H60N8O6. The van der Waals surface area contributed by atoms with Gasteiger partial charge in [-0.1, -0.05) is 24.8 Å². The second-order valence-corrected chi connectivity index (χ2v) is 16.9. The summed E-state index contributed by atoms with van der Waals surface area (Å²) in [5.41, 5.74) is 10.9. The summed E-state index contributed by atoms with van der Waals surface area (Å²) < 4.78 is 10.6. The minimum Gasteiger partial charge on any atom is -0.469 e. The summed E-state index contributed by atoms with van der Waals surface area (Å²) >= 11 is 0. The smallest absolute Gasteiger partial charge is 0.334 e. The Kier molecular flexibility index (Phi) is 13.8. The molecule has 5 heterocycles. The number of carbonyl (C=O) groups is 4. The molecule has 6 rings (SSSR count). The van der Waals surface area contributed by atoms with Crippen molar-refractivity contribution in [1.29, 1.82) is 0 Å². The lowest BCUT2D eigenvalue weighted by molar-refractivity contribution is -0.149. The number of nitrogens with one attached hydrogen (secondary N) is 4. The maximum Gasteiger partial charge on any atom is 0.334 e. The normalized spacial score (nSPS) is 17.1. The first-order chi connectivity index (χ1) is 29.5. The van der Waals surface area contributed by atoms with Crippen LogP contribution in [0.5, 0.6) is 0 Å². The van der Waals surface area contributed by atoms with E-state index in [1.165, 1.54) is 14.2 Å². The van der Waals surface area contributed by atoms with Crippen molar-refractivity contribution in [3.63, 3.8) is 0 Å². The zero-order chi connectivity index (χ0) is 45.0. The Bertz CT molecular complexity index is 2570. The van der Waals surface area contributed by atoms with E-state index in [2.05, 4.69) is 27.2 Å². The van der Waals surface area contributed by atoms with Gasteiger partial charge in [0.1, 0.15) is 5.92 Å². The monoisotopic (exact) mass is 844 g/mol. The number of aromatic amines is 2. The van der Waals surface area contributed by atoms with E-state index < -0.39 is 23.3 Å². The summed E-state index contributed by atoms with van der Waals surface area (Å²) in [5, 5.41) is 6.07. The number of hydrogen-bond donors (Lipinski definition) is 4. The Morgan fingerprint density at radius 1 is 0.774 bits per heavy atom. The quantitative estimate of drug-likeness (QED) is 0.137. The van der Waals surface area contributed by atoms with Crippen molar-refractivity contribution < 1.29 is 28.7 Å². The zero-order valence-electron chi connectivity index (χ0n) is 37.7. The van der Waals surface area contributed by atoms with Crippen LogP contribution in [0.15, 0.2) is 48.6 Å². The number of hydrogen-bond acceptors (Lipinski definition) is 10. The second-order valence-electron chi connectivity index (χ2n) is 16.9. The van der Waals surface area contributed by atoms with E-state index in [0.717, 1.165) is 74.3 Å². The Hall–Kier alpha value is -6.12. The highest BCUT2D eigenvalue weighted by Gasteiger charge is 2.53. The molecule has 2 atom stereocenters. The van der Waals surface area contributed by atoms with E-state index in [0.29, 0.717) is 48.5 Å². The fraction of sp³-hybridized carbons (Fsp3) is 0.417.